The molecule has 94 valence electrons. The number of ether oxygens (including phenoxy) is 1. The number of rotatable bonds is 1. The van der Waals surface area contributed by atoms with E-state index in [0.29, 0.717) is 31.1 Å². The van der Waals surface area contributed by atoms with Crippen molar-refractivity contribution in [1.29, 1.82) is 0 Å². The number of aliphatic hydroxyl groups is 1. The maximum atomic E-state index is 11.2. The first-order chi connectivity index (χ1) is 7.90. The lowest BCUT2D eigenvalue weighted by atomic mass is 9.52. The number of carbonyl (C=O) groups is 2. The summed E-state index contributed by atoms with van der Waals surface area (Å²) in [4.78, 5) is 21.8. The van der Waals surface area contributed by atoms with E-state index in [1.54, 1.807) is 0 Å². The molecule has 4 aliphatic rings. The zero-order chi connectivity index (χ0) is 12.3. The van der Waals surface area contributed by atoms with Gasteiger partial charge in [0.05, 0.1) is 5.60 Å². The van der Waals surface area contributed by atoms with Crippen molar-refractivity contribution in [2.45, 2.75) is 49.7 Å². The molecule has 0 radical (unpaired) electrons. The summed E-state index contributed by atoms with van der Waals surface area (Å²) in [6.07, 6.45) is 4.46. The minimum atomic E-state index is -1.55. The average molecular weight is 240 g/mol. The van der Waals surface area contributed by atoms with Crippen LogP contribution in [-0.4, -0.2) is 33.4 Å². The summed E-state index contributed by atoms with van der Waals surface area (Å²) in [5.41, 5.74) is -1.45. The maximum Gasteiger partial charge on any atom is 0.417 e. The van der Waals surface area contributed by atoms with E-state index in [1.807, 2.05) is 0 Å². The number of esters is 1. The highest BCUT2D eigenvalue weighted by Gasteiger charge is 2.59. The molecule has 5 heteroatoms. The number of carboxylic acids is 1. The molecule has 2 N–H and O–H groups in total. The van der Waals surface area contributed by atoms with Gasteiger partial charge in [-0.25, -0.2) is 9.59 Å². The number of carbonyl (C=O) groups excluding carboxylic acids is 1. The Hall–Kier alpha value is -1.10. The summed E-state index contributed by atoms with van der Waals surface area (Å²) < 4.78 is 5.18. The molecule has 17 heavy (non-hydrogen) atoms. The van der Waals surface area contributed by atoms with Gasteiger partial charge in [0.1, 0.15) is 5.60 Å². The fraction of sp³-hybridized carbons (Fsp3) is 0.833. The van der Waals surface area contributed by atoms with Crippen molar-refractivity contribution in [3.63, 3.8) is 0 Å². The second-order valence-corrected chi connectivity index (χ2v) is 6.06. The van der Waals surface area contributed by atoms with Crippen LogP contribution in [0, 0.1) is 11.8 Å². The zero-order valence-electron chi connectivity index (χ0n) is 9.52. The Morgan fingerprint density at radius 1 is 1.12 bits per heavy atom. The topological polar surface area (TPSA) is 83.8 Å². The standard InChI is InChI=1S/C12H16O5/c13-9(14)10(15)17-12-4-7-1-8(5-12)3-11(16,2-7)6-12/h7-8,16H,1-6H2,(H,13,14). The van der Waals surface area contributed by atoms with Crippen LogP contribution in [0.2, 0.25) is 0 Å². The SMILES string of the molecule is O=C(O)C(=O)OC12CC3CC(CC(O)(C3)C1)C2. The zero-order valence-corrected chi connectivity index (χ0v) is 9.52. The third kappa shape index (κ3) is 1.73. The molecule has 2 unspecified atom stereocenters. The lowest BCUT2D eigenvalue weighted by Gasteiger charge is -2.59. The molecule has 2 atom stereocenters. The minimum absolute atomic E-state index is 0.378. The van der Waals surface area contributed by atoms with Gasteiger partial charge in [-0.1, -0.05) is 0 Å². The van der Waals surface area contributed by atoms with E-state index >= 15 is 0 Å². The molecule has 0 heterocycles. The fourth-order valence-corrected chi connectivity index (χ4v) is 4.49. The fourth-order valence-electron chi connectivity index (χ4n) is 4.49. The highest BCUT2D eigenvalue weighted by molar-refractivity contribution is 6.28. The second-order valence-electron chi connectivity index (χ2n) is 6.06. The van der Waals surface area contributed by atoms with Crippen molar-refractivity contribution in [1.82, 2.24) is 0 Å². The van der Waals surface area contributed by atoms with Crippen molar-refractivity contribution >= 4 is 11.9 Å². The van der Waals surface area contributed by atoms with Crippen LogP contribution in [0.1, 0.15) is 38.5 Å². The normalized spacial score (nSPS) is 46.9. The summed E-state index contributed by atoms with van der Waals surface area (Å²) >= 11 is 0. The van der Waals surface area contributed by atoms with Gasteiger partial charge in [-0.05, 0) is 43.9 Å². The predicted molar refractivity (Wildman–Crippen MR) is 56.1 cm³/mol. The van der Waals surface area contributed by atoms with Gasteiger partial charge in [0, 0.05) is 6.42 Å². The Morgan fingerprint density at radius 2 is 1.71 bits per heavy atom. The van der Waals surface area contributed by atoms with Crippen molar-refractivity contribution in [3.05, 3.63) is 0 Å². The van der Waals surface area contributed by atoms with Gasteiger partial charge in [0.25, 0.3) is 0 Å². The first-order valence-corrected chi connectivity index (χ1v) is 6.08. The first kappa shape index (κ1) is 11.0. The van der Waals surface area contributed by atoms with Crippen LogP contribution in [-0.2, 0) is 14.3 Å². The Balaban J connectivity index is 1.83. The third-order valence-electron chi connectivity index (χ3n) is 4.46. The third-order valence-corrected chi connectivity index (χ3v) is 4.46. The van der Waals surface area contributed by atoms with Crippen molar-refractivity contribution in [2.75, 3.05) is 0 Å². The van der Waals surface area contributed by atoms with Gasteiger partial charge in [0.2, 0.25) is 0 Å². The molecule has 0 aromatic rings. The molecule has 5 nitrogen and oxygen atoms in total. The summed E-state index contributed by atoms with van der Waals surface area (Å²) in [7, 11) is 0. The molecule has 4 saturated carbocycles. The van der Waals surface area contributed by atoms with Gasteiger partial charge >= 0.3 is 11.9 Å². The molecule has 0 amide bonds. The van der Waals surface area contributed by atoms with Crippen LogP contribution >= 0.6 is 0 Å². The van der Waals surface area contributed by atoms with E-state index in [2.05, 4.69) is 0 Å². The van der Waals surface area contributed by atoms with Crippen LogP contribution in [0.5, 0.6) is 0 Å². The molecule has 4 bridgehead atoms. The highest BCUT2D eigenvalue weighted by Crippen LogP contribution is 2.58. The second kappa shape index (κ2) is 3.22. The molecule has 0 spiro atoms. The predicted octanol–water partition coefficient (Wildman–Crippen LogP) is 0.698. The van der Waals surface area contributed by atoms with E-state index < -0.39 is 23.1 Å². The largest absolute Gasteiger partial charge is 0.473 e. The van der Waals surface area contributed by atoms with E-state index in [1.165, 1.54) is 0 Å². The van der Waals surface area contributed by atoms with Crippen LogP contribution < -0.4 is 0 Å². The summed E-state index contributed by atoms with van der Waals surface area (Å²) in [5.74, 6) is -1.98. The van der Waals surface area contributed by atoms with E-state index in [0.717, 1.165) is 19.3 Å². The Kier molecular flexibility index (Phi) is 2.09. The first-order valence-electron chi connectivity index (χ1n) is 6.08. The van der Waals surface area contributed by atoms with Crippen molar-refractivity contribution in [3.8, 4) is 0 Å². The lowest BCUT2D eigenvalue weighted by molar-refractivity contribution is -0.221. The van der Waals surface area contributed by atoms with Crippen molar-refractivity contribution in [2.24, 2.45) is 11.8 Å². The van der Waals surface area contributed by atoms with Crippen molar-refractivity contribution < 1.29 is 24.5 Å². The number of hydrogen-bond acceptors (Lipinski definition) is 4. The molecule has 0 aromatic heterocycles. The number of carboxylic acid groups (broad SMARTS) is 1. The molecule has 4 aliphatic carbocycles. The highest BCUT2D eigenvalue weighted by atomic mass is 16.6. The van der Waals surface area contributed by atoms with E-state index in [4.69, 9.17) is 9.84 Å². The molecule has 4 rings (SSSR count). The summed E-state index contributed by atoms with van der Waals surface area (Å²) in [6.45, 7) is 0. The monoisotopic (exact) mass is 240 g/mol. The average Bonchev–Trinajstić information content (AvgIpc) is 2.11. The van der Waals surface area contributed by atoms with E-state index in [-0.39, 0.29) is 0 Å². The number of hydrogen-bond donors (Lipinski definition) is 2. The quantitative estimate of drug-likeness (QED) is 0.520. The molecule has 0 aromatic carbocycles. The van der Waals surface area contributed by atoms with Gasteiger partial charge in [-0.2, -0.15) is 0 Å². The van der Waals surface area contributed by atoms with Crippen LogP contribution in [0.25, 0.3) is 0 Å². The maximum absolute atomic E-state index is 11.2. The van der Waals surface area contributed by atoms with Gasteiger partial charge in [-0.3, -0.25) is 0 Å². The molecular weight excluding hydrogens is 224 g/mol. The Bertz CT molecular complexity index is 374. The van der Waals surface area contributed by atoms with Crippen LogP contribution in [0.4, 0.5) is 0 Å². The number of aliphatic carboxylic acids is 1. The molecule has 0 aliphatic heterocycles. The van der Waals surface area contributed by atoms with Gasteiger partial charge in [0.15, 0.2) is 0 Å². The summed E-state index contributed by atoms with van der Waals surface area (Å²) in [6, 6.07) is 0. The smallest absolute Gasteiger partial charge is 0.417 e. The van der Waals surface area contributed by atoms with Gasteiger partial charge in [-0.15, -0.1) is 0 Å². The molecule has 0 saturated heterocycles. The van der Waals surface area contributed by atoms with E-state index in [9.17, 15) is 14.7 Å². The Morgan fingerprint density at radius 3 is 2.18 bits per heavy atom. The minimum Gasteiger partial charge on any atom is -0.473 e. The van der Waals surface area contributed by atoms with Gasteiger partial charge < -0.3 is 14.9 Å². The Labute approximate surface area is 98.8 Å². The summed E-state index contributed by atoms with van der Waals surface area (Å²) in [5, 5.41) is 19.0. The lowest BCUT2D eigenvalue weighted by Crippen LogP contribution is -2.60. The molecular formula is C12H16O5. The van der Waals surface area contributed by atoms with Crippen LogP contribution in [0.3, 0.4) is 0 Å². The van der Waals surface area contributed by atoms with Crippen LogP contribution in [0.15, 0.2) is 0 Å². The molecule has 4 fully saturated rings.